The van der Waals surface area contributed by atoms with Crippen LogP contribution in [0.1, 0.15) is 12.8 Å². The van der Waals surface area contributed by atoms with Crippen LogP contribution in [0.2, 0.25) is 0 Å². The van der Waals surface area contributed by atoms with E-state index in [2.05, 4.69) is 5.32 Å². The lowest BCUT2D eigenvalue weighted by molar-refractivity contribution is -0.142. The quantitative estimate of drug-likeness (QED) is 0.502. The summed E-state index contributed by atoms with van der Waals surface area (Å²) in [5, 5.41) is 11.2. The molecule has 1 amide bonds. The van der Waals surface area contributed by atoms with E-state index in [0.29, 0.717) is 12.2 Å². The van der Waals surface area contributed by atoms with Crippen LogP contribution in [-0.4, -0.2) is 61.5 Å². The number of nitrogens with one attached hydrogen (secondary N) is 1. The second kappa shape index (κ2) is 8.39. The van der Waals surface area contributed by atoms with E-state index in [1.54, 1.807) is 0 Å². The maximum Gasteiger partial charge on any atom is 0.326 e. The Morgan fingerprint density at radius 1 is 1.37 bits per heavy atom. The van der Waals surface area contributed by atoms with E-state index in [1.807, 2.05) is 6.26 Å². The molecule has 1 unspecified atom stereocenters. The van der Waals surface area contributed by atoms with Gasteiger partial charge in [-0.25, -0.2) is 13.2 Å². The van der Waals surface area contributed by atoms with Gasteiger partial charge in [0.25, 0.3) is 0 Å². The minimum absolute atomic E-state index is 0.171. The maximum absolute atomic E-state index is 11.6. The van der Waals surface area contributed by atoms with Crippen LogP contribution in [0.25, 0.3) is 0 Å². The first-order valence-corrected chi connectivity index (χ1v) is 9.08. The number of sulfone groups is 1. The van der Waals surface area contributed by atoms with Gasteiger partial charge in [0.2, 0.25) is 5.91 Å². The number of carbonyl (C=O) groups is 2. The molecule has 0 spiro atoms. The first-order valence-electron chi connectivity index (χ1n) is 5.62. The predicted molar refractivity (Wildman–Crippen MR) is 74.9 cm³/mol. The number of nitrogens with two attached hydrogens (primary N) is 1. The average molecular weight is 312 g/mol. The van der Waals surface area contributed by atoms with E-state index in [4.69, 9.17) is 10.8 Å². The Bertz CT molecular complexity index is 410. The normalized spacial score (nSPS) is 14.7. The Labute approximate surface area is 117 Å². The topological polar surface area (TPSA) is 127 Å². The van der Waals surface area contributed by atoms with Gasteiger partial charge in [0.1, 0.15) is 15.9 Å². The molecule has 0 heterocycles. The number of carbonyl (C=O) groups excluding carboxylic acids is 1. The van der Waals surface area contributed by atoms with Crippen molar-refractivity contribution < 1.29 is 23.1 Å². The largest absolute Gasteiger partial charge is 0.480 e. The molecule has 0 saturated carbocycles. The number of aliphatic carboxylic acids is 1. The lowest BCUT2D eigenvalue weighted by atomic mass is 10.2. The maximum atomic E-state index is 11.6. The molecule has 0 bridgehead atoms. The van der Waals surface area contributed by atoms with Crippen molar-refractivity contribution >= 4 is 33.5 Å². The monoisotopic (exact) mass is 312 g/mol. The summed E-state index contributed by atoms with van der Waals surface area (Å²) >= 11 is 1.53. The van der Waals surface area contributed by atoms with Crippen molar-refractivity contribution in [2.75, 3.05) is 24.0 Å². The van der Waals surface area contributed by atoms with Crippen molar-refractivity contribution in [1.29, 1.82) is 0 Å². The van der Waals surface area contributed by atoms with Crippen LogP contribution in [0.4, 0.5) is 0 Å². The lowest BCUT2D eigenvalue weighted by Gasteiger charge is -2.17. The molecule has 0 aromatic rings. The molecule has 0 saturated heterocycles. The fraction of sp³-hybridized carbons (Fsp3) is 0.800. The van der Waals surface area contributed by atoms with Crippen LogP contribution >= 0.6 is 11.8 Å². The number of carboxylic acid groups (broad SMARTS) is 1. The molecule has 7 nitrogen and oxygen atoms in total. The Hall–Kier alpha value is -0.800. The lowest BCUT2D eigenvalue weighted by Crippen LogP contribution is -2.49. The highest BCUT2D eigenvalue weighted by molar-refractivity contribution is 7.98. The summed E-state index contributed by atoms with van der Waals surface area (Å²) in [4.78, 5) is 22.6. The van der Waals surface area contributed by atoms with Crippen LogP contribution in [0.3, 0.4) is 0 Å². The molecule has 0 aromatic heterocycles. The molecule has 112 valence electrons. The van der Waals surface area contributed by atoms with Gasteiger partial charge < -0.3 is 16.2 Å². The molecule has 2 atom stereocenters. The molecular weight excluding hydrogens is 292 g/mol. The van der Waals surface area contributed by atoms with E-state index in [-0.39, 0.29) is 12.2 Å². The van der Waals surface area contributed by atoms with Gasteiger partial charge in [-0.2, -0.15) is 11.8 Å². The zero-order valence-electron chi connectivity index (χ0n) is 11.0. The third-order valence-electron chi connectivity index (χ3n) is 2.36. The molecule has 0 aliphatic carbocycles. The predicted octanol–water partition coefficient (Wildman–Crippen LogP) is -0.929. The second-order valence-corrected chi connectivity index (χ2v) is 7.45. The molecule has 0 fully saturated rings. The summed E-state index contributed by atoms with van der Waals surface area (Å²) < 4.78 is 22.0. The Morgan fingerprint density at radius 2 is 1.95 bits per heavy atom. The van der Waals surface area contributed by atoms with Gasteiger partial charge in [-0.15, -0.1) is 0 Å². The molecule has 0 radical (unpaired) electrons. The number of hydrogen-bond acceptors (Lipinski definition) is 6. The van der Waals surface area contributed by atoms with E-state index < -0.39 is 33.8 Å². The van der Waals surface area contributed by atoms with Gasteiger partial charge in [0, 0.05) is 6.26 Å². The third kappa shape index (κ3) is 8.84. The van der Waals surface area contributed by atoms with Crippen molar-refractivity contribution in [3.63, 3.8) is 0 Å². The summed E-state index contributed by atoms with van der Waals surface area (Å²) in [6.45, 7) is 0. The summed E-state index contributed by atoms with van der Waals surface area (Å²) in [5.41, 5.74) is 5.60. The number of thioether (sulfide) groups is 1. The zero-order chi connectivity index (χ0) is 15.1. The Balaban J connectivity index is 4.42. The number of amides is 1. The standard InChI is InChI=1S/C10H20N2O5S2/c1-18-5-3-7(11)9(13)12-8(10(14)15)4-6-19(2,16)17/h7-8H,3-6,11H2,1-2H3,(H,12,13)(H,14,15)/t7-,8?/m1/s1. The molecule has 4 N–H and O–H groups in total. The summed E-state index contributed by atoms with van der Waals surface area (Å²) in [7, 11) is -3.27. The van der Waals surface area contributed by atoms with E-state index >= 15 is 0 Å². The number of carboxylic acids is 1. The zero-order valence-corrected chi connectivity index (χ0v) is 12.6. The van der Waals surface area contributed by atoms with Crippen LogP contribution in [0.5, 0.6) is 0 Å². The van der Waals surface area contributed by atoms with Crippen LogP contribution < -0.4 is 11.1 Å². The van der Waals surface area contributed by atoms with Gasteiger partial charge in [0.05, 0.1) is 11.8 Å². The fourth-order valence-electron chi connectivity index (χ4n) is 1.24. The fourth-order valence-corrected chi connectivity index (χ4v) is 2.40. The molecule has 0 rings (SSSR count). The Kier molecular flexibility index (Phi) is 8.03. The molecule has 19 heavy (non-hydrogen) atoms. The van der Waals surface area contributed by atoms with E-state index in [1.165, 1.54) is 11.8 Å². The van der Waals surface area contributed by atoms with E-state index in [9.17, 15) is 18.0 Å². The van der Waals surface area contributed by atoms with Gasteiger partial charge in [0.15, 0.2) is 0 Å². The molecule has 9 heteroatoms. The minimum Gasteiger partial charge on any atom is -0.480 e. The van der Waals surface area contributed by atoms with Crippen molar-refractivity contribution in [3.8, 4) is 0 Å². The van der Waals surface area contributed by atoms with E-state index in [0.717, 1.165) is 6.26 Å². The summed E-state index contributed by atoms with van der Waals surface area (Å²) in [6.07, 6.45) is 3.15. The highest BCUT2D eigenvalue weighted by Crippen LogP contribution is 2.01. The first-order chi connectivity index (χ1) is 8.67. The second-order valence-electron chi connectivity index (χ2n) is 4.21. The molecular formula is C10H20N2O5S2. The number of rotatable bonds is 9. The highest BCUT2D eigenvalue weighted by atomic mass is 32.2. The van der Waals surface area contributed by atoms with Crippen molar-refractivity contribution in [1.82, 2.24) is 5.32 Å². The van der Waals surface area contributed by atoms with Gasteiger partial charge in [-0.05, 0) is 24.9 Å². The summed E-state index contributed by atoms with van der Waals surface area (Å²) in [5.74, 6) is -1.45. The van der Waals surface area contributed by atoms with Gasteiger partial charge >= 0.3 is 5.97 Å². The Morgan fingerprint density at radius 3 is 2.37 bits per heavy atom. The third-order valence-corrected chi connectivity index (χ3v) is 3.98. The van der Waals surface area contributed by atoms with Crippen molar-refractivity contribution in [2.24, 2.45) is 5.73 Å². The van der Waals surface area contributed by atoms with Gasteiger partial charge in [-0.1, -0.05) is 0 Å². The van der Waals surface area contributed by atoms with Crippen LogP contribution in [-0.2, 0) is 19.4 Å². The van der Waals surface area contributed by atoms with Gasteiger partial charge in [-0.3, -0.25) is 4.79 Å². The SMILES string of the molecule is CSCC[C@@H](N)C(=O)NC(CCS(C)(=O)=O)C(=O)O. The minimum atomic E-state index is -3.27. The molecule has 0 aliphatic heterocycles. The first kappa shape index (κ1) is 18.2. The summed E-state index contributed by atoms with van der Waals surface area (Å²) in [6, 6.07) is -2.02. The van der Waals surface area contributed by atoms with Crippen molar-refractivity contribution in [3.05, 3.63) is 0 Å². The molecule has 0 aromatic carbocycles. The van der Waals surface area contributed by atoms with Crippen LogP contribution in [0, 0.1) is 0 Å². The average Bonchev–Trinajstić information content (AvgIpc) is 2.29. The number of hydrogen-bond donors (Lipinski definition) is 3. The highest BCUT2D eigenvalue weighted by Gasteiger charge is 2.24. The van der Waals surface area contributed by atoms with Crippen LogP contribution in [0.15, 0.2) is 0 Å². The smallest absolute Gasteiger partial charge is 0.326 e. The van der Waals surface area contributed by atoms with Crippen molar-refractivity contribution in [2.45, 2.75) is 24.9 Å². The molecule has 0 aliphatic rings.